The fourth-order valence-corrected chi connectivity index (χ4v) is 2.30. The van der Waals surface area contributed by atoms with Crippen molar-refractivity contribution in [1.82, 2.24) is 5.43 Å². The normalized spacial score (nSPS) is 10.5. The maximum absolute atomic E-state index is 12.2. The predicted molar refractivity (Wildman–Crippen MR) is 95.3 cm³/mol. The zero-order valence-corrected chi connectivity index (χ0v) is 15.1. The van der Waals surface area contributed by atoms with Crippen molar-refractivity contribution < 1.29 is 19.0 Å². The number of benzene rings is 2. The summed E-state index contributed by atoms with van der Waals surface area (Å²) in [6.45, 7) is 0. The van der Waals surface area contributed by atoms with E-state index in [4.69, 9.17) is 14.2 Å². The topological polar surface area (TPSA) is 69.2 Å². The number of hydrogen-bond donors (Lipinski definition) is 1. The van der Waals surface area contributed by atoms with Crippen LogP contribution in [0.2, 0.25) is 0 Å². The first-order valence-corrected chi connectivity index (χ1v) is 7.77. The summed E-state index contributed by atoms with van der Waals surface area (Å²) in [7, 11) is 4.63. The Balaban J connectivity index is 2.10. The molecule has 0 aliphatic rings. The van der Waals surface area contributed by atoms with Crippen molar-refractivity contribution in [1.29, 1.82) is 0 Å². The quantitative estimate of drug-likeness (QED) is 0.605. The largest absolute Gasteiger partial charge is 0.497 e. The molecule has 24 heavy (non-hydrogen) atoms. The number of carbonyl (C=O) groups excluding carboxylic acids is 1. The Hall–Kier alpha value is -2.54. The Morgan fingerprint density at radius 2 is 1.79 bits per heavy atom. The summed E-state index contributed by atoms with van der Waals surface area (Å²) < 4.78 is 16.3. The molecule has 126 valence electrons. The molecule has 0 spiro atoms. The van der Waals surface area contributed by atoms with E-state index in [1.165, 1.54) is 20.4 Å². The number of methoxy groups -OCH3 is 3. The van der Waals surface area contributed by atoms with Crippen LogP contribution >= 0.6 is 15.9 Å². The molecule has 2 aromatic carbocycles. The van der Waals surface area contributed by atoms with Crippen molar-refractivity contribution in [3.05, 3.63) is 52.0 Å². The first kappa shape index (κ1) is 17.8. The fraction of sp³-hybridized carbons (Fsp3) is 0.176. The predicted octanol–water partition coefficient (Wildman–Crippen LogP) is 3.24. The summed E-state index contributed by atoms with van der Waals surface area (Å²) in [4.78, 5) is 12.2. The number of halogens is 1. The van der Waals surface area contributed by atoms with Crippen molar-refractivity contribution in [2.75, 3.05) is 21.3 Å². The van der Waals surface area contributed by atoms with E-state index in [0.29, 0.717) is 22.8 Å². The average molecular weight is 393 g/mol. The molecular weight excluding hydrogens is 376 g/mol. The zero-order valence-electron chi connectivity index (χ0n) is 13.5. The summed E-state index contributed by atoms with van der Waals surface area (Å²) in [6, 6.07) is 10.4. The van der Waals surface area contributed by atoms with Gasteiger partial charge in [-0.3, -0.25) is 4.79 Å². The SMILES string of the molecule is COc1ccc(Br)c(/C=N/NC(=O)c2ccc(OC)c(OC)c2)c1. The van der Waals surface area contributed by atoms with Crippen molar-refractivity contribution in [2.45, 2.75) is 0 Å². The van der Waals surface area contributed by atoms with Gasteiger partial charge in [-0.1, -0.05) is 15.9 Å². The molecule has 0 heterocycles. The number of nitrogens with zero attached hydrogens (tertiary/aromatic N) is 1. The van der Waals surface area contributed by atoms with Crippen LogP contribution < -0.4 is 19.6 Å². The lowest BCUT2D eigenvalue weighted by atomic mass is 10.2. The minimum absolute atomic E-state index is 0.355. The highest BCUT2D eigenvalue weighted by atomic mass is 79.9. The van der Waals surface area contributed by atoms with Crippen LogP contribution in [0.5, 0.6) is 17.2 Å². The molecule has 0 unspecified atom stereocenters. The molecule has 2 rings (SSSR count). The van der Waals surface area contributed by atoms with Crippen LogP contribution in [-0.2, 0) is 0 Å². The van der Waals surface area contributed by atoms with Crippen molar-refractivity contribution in [2.24, 2.45) is 5.10 Å². The molecule has 0 saturated carbocycles. The van der Waals surface area contributed by atoms with Crippen LogP contribution in [0.15, 0.2) is 46.0 Å². The van der Waals surface area contributed by atoms with Gasteiger partial charge in [0, 0.05) is 15.6 Å². The van der Waals surface area contributed by atoms with E-state index in [2.05, 4.69) is 26.5 Å². The minimum Gasteiger partial charge on any atom is -0.497 e. The third-order valence-electron chi connectivity index (χ3n) is 3.22. The second-order valence-corrected chi connectivity index (χ2v) is 5.51. The Labute approximate surface area is 148 Å². The monoisotopic (exact) mass is 392 g/mol. The molecule has 6 nitrogen and oxygen atoms in total. The van der Waals surface area contributed by atoms with Crippen molar-refractivity contribution >= 4 is 28.1 Å². The number of carbonyl (C=O) groups is 1. The molecule has 2 aromatic rings. The van der Waals surface area contributed by atoms with Crippen molar-refractivity contribution in [3.8, 4) is 17.2 Å². The van der Waals surface area contributed by atoms with Gasteiger partial charge in [0.05, 0.1) is 27.5 Å². The Bertz CT molecular complexity index is 762. The Morgan fingerprint density at radius 3 is 2.46 bits per heavy atom. The van der Waals surface area contributed by atoms with Gasteiger partial charge in [0.2, 0.25) is 0 Å². The second kappa shape index (κ2) is 8.35. The van der Waals surface area contributed by atoms with Gasteiger partial charge in [0.15, 0.2) is 11.5 Å². The van der Waals surface area contributed by atoms with Crippen LogP contribution in [0.3, 0.4) is 0 Å². The molecule has 0 aliphatic heterocycles. The third kappa shape index (κ3) is 4.26. The molecule has 0 aliphatic carbocycles. The highest BCUT2D eigenvalue weighted by molar-refractivity contribution is 9.10. The van der Waals surface area contributed by atoms with E-state index in [1.807, 2.05) is 12.1 Å². The van der Waals surface area contributed by atoms with E-state index >= 15 is 0 Å². The lowest BCUT2D eigenvalue weighted by molar-refractivity contribution is 0.0954. The van der Waals surface area contributed by atoms with Gasteiger partial charge < -0.3 is 14.2 Å². The van der Waals surface area contributed by atoms with Gasteiger partial charge in [0.1, 0.15) is 5.75 Å². The smallest absolute Gasteiger partial charge is 0.271 e. The van der Waals surface area contributed by atoms with Crippen LogP contribution in [-0.4, -0.2) is 33.5 Å². The Morgan fingerprint density at radius 1 is 1.04 bits per heavy atom. The summed E-state index contributed by atoms with van der Waals surface area (Å²) >= 11 is 3.42. The van der Waals surface area contributed by atoms with Gasteiger partial charge in [-0.2, -0.15) is 5.10 Å². The first-order valence-electron chi connectivity index (χ1n) is 6.98. The number of ether oxygens (including phenoxy) is 3. The molecule has 0 aromatic heterocycles. The minimum atomic E-state index is -0.355. The number of amides is 1. The third-order valence-corrected chi connectivity index (χ3v) is 3.94. The molecule has 7 heteroatoms. The summed E-state index contributed by atoms with van der Waals surface area (Å²) in [5, 5.41) is 3.97. The van der Waals surface area contributed by atoms with E-state index in [1.54, 1.807) is 31.4 Å². The summed E-state index contributed by atoms with van der Waals surface area (Å²) in [5.41, 5.74) is 3.66. The van der Waals surface area contributed by atoms with Crippen LogP contribution in [0.1, 0.15) is 15.9 Å². The number of rotatable bonds is 6. The first-order chi connectivity index (χ1) is 11.6. The molecule has 1 amide bonds. The van der Waals surface area contributed by atoms with E-state index < -0.39 is 0 Å². The van der Waals surface area contributed by atoms with Gasteiger partial charge >= 0.3 is 0 Å². The zero-order chi connectivity index (χ0) is 17.5. The van der Waals surface area contributed by atoms with Crippen molar-refractivity contribution in [3.63, 3.8) is 0 Å². The van der Waals surface area contributed by atoms with Gasteiger partial charge in [-0.15, -0.1) is 0 Å². The maximum Gasteiger partial charge on any atom is 0.271 e. The summed E-state index contributed by atoms with van der Waals surface area (Å²) in [5.74, 6) is 1.37. The van der Waals surface area contributed by atoms with E-state index in [0.717, 1.165) is 10.0 Å². The average Bonchev–Trinajstić information content (AvgIpc) is 2.62. The molecule has 0 saturated heterocycles. The molecule has 1 N–H and O–H groups in total. The maximum atomic E-state index is 12.2. The molecule has 0 radical (unpaired) electrons. The summed E-state index contributed by atoms with van der Waals surface area (Å²) in [6.07, 6.45) is 1.53. The number of hydrogen-bond acceptors (Lipinski definition) is 5. The Kier molecular flexibility index (Phi) is 6.20. The molecular formula is C17H17BrN2O4. The second-order valence-electron chi connectivity index (χ2n) is 4.66. The van der Waals surface area contributed by atoms with Gasteiger partial charge in [0.25, 0.3) is 5.91 Å². The number of nitrogens with one attached hydrogen (secondary N) is 1. The standard InChI is InChI=1S/C17H17BrN2O4/c1-22-13-5-6-14(18)12(8-13)10-19-20-17(21)11-4-7-15(23-2)16(9-11)24-3/h4-10H,1-3H3,(H,20,21)/b19-10+. The van der Waals surface area contributed by atoms with E-state index in [9.17, 15) is 4.79 Å². The molecule has 0 atom stereocenters. The highest BCUT2D eigenvalue weighted by Crippen LogP contribution is 2.27. The van der Waals surface area contributed by atoms with Crippen LogP contribution in [0.4, 0.5) is 0 Å². The molecule has 0 bridgehead atoms. The fourth-order valence-electron chi connectivity index (χ4n) is 1.95. The lowest BCUT2D eigenvalue weighted by Crippen LogP contribution is -2.17. The van der Waals surface area contributed by atoms with Crippen LogP contribution in [0, 0.1) is 0 Å². The lowest BCUT2D eigenvalue weighted by Gasteiger charge is -2.08. The van der Waals surface area contributed by atoms with Gasteiger partial charge in [-0.05, 0) is 36.4 Å². The van der Waals surface area contributed by atoms with Gasteiger partial charge in [-0.25, -0.2) is 5.43 Å². The van der Waals surface area contributed by atoms with E-state index in [-0.39, 0.29) is 5.91 Å². The molecule has 0 fully saturated rings. The number of hydrazone groups is 1. The van der Waals surface area contributed by atoms with Crippen LogP contribution in [0.25, 0.3) is 0 Å². The highest BCUT2D eigenvalue weighted by Gasteiger charge is 2.10.